The highest BCUT2D eigenvalue weighted by molar-refractivity contribution is 9.10. The van der Waals surface area contributed by atoms with Crippen LogP contribution in [0.15, 0.2) is 51.4 Å². The van der Waals surface area contributed by atoms with Gasteiger partial charge in [0.1, 0.15) is 23.3 Å². The molecule has 4 rings (SSSR count). The van der Waals surface area contributed by atoms with E-state index in [-0.39, 0.29) is 24.3 Å². The SMILES string of the molecule is CC.NCCCC(CN)Oc1ccc(NC(=O)Cc2nnc(Cc3nc4cc(Br)ccc4s3)o2)cc1. The minimum atomic E-state index is -0.253. The Labute approximate surface area is 222 Å². The molecule has 36 heavy (non-hydrogen) atoms. The molecular formula is C25H31BrN6O3S. The molecule has 0 bridgehead atoms. The summed E-state index contributed by atoms with van der Waals surface area (Å²) in [7, 11) is 0. The fraction of sp³-hybridized carbons (Fsp3) is 0.360. The molecule has 1 amide bonds. The van der Waals surface area contributed by atoms with Crippen LogP contribution >= 0.6 is 27.3 Å². The lowest BCUT2D eigenvalue weighted by atomic mass is 10.2. The maximum atomic E-state index is 12.4. The van der Waals surface area contributed by atoms with Crippen molar-refractivity contribution in [3.63, 3.8) is 0 Å². The van der Waals surface area contributed by atoms with Crippen molar-refractivity contribution in [3.05, 3.63) is 63.7 Å². The number of anilines is 1. The van der Waals surface area contributed by atoms with E-state index in [0.29, 0.717) is 36.8 Å². The first-order valence-electron chi connectivity index (χ1n) is 11.9. The Hall–Kier alpha value is -2.86. The zero-order chi connectivity index (χ0) is 25.9. The molecule has 2 heterocycles. The Bertz CT molecular complexity index is 1240. The average Bonchev–Trinajstić information content (AvgIpc) is 3.49. The van der Waals surface area contributed by atoms with E-state index in [1.807, 2.05) is 32.0 Å². The van der Waals surface area contributed by atoms with Gasteiger partial charge in [-0.2, -0.15) is 0 Å². The summed E-state index contributed by atoms with van der Waals surface area (Å²) >= 11 is 5.03. The molecule has 11 heteroatoms. The second kappa shape index (κ2) is 14.0. The second-order valence-corrected chi connectivity index (χ2v) is 9.67. The number of aromatic nitrogens is 3. The maximum Gasteiger partial charge on any atom is 0.233 e. The topological polar surface area (TPSA) is 142 Å². The predicted molar refractivity (Wildman–Crippen MR) is 146 cm³/mol. The van der Waals surface area contributed by atoms with Crippen LogP contribution in [-0.4, -0.2) is 40.3 Å². The highest BCUT2D eigenvalue weighted by Crippen LogP contribution is 2.26. The number of halogens is 1. The van der Waals surface area contributed by atoms with Crippen LogP contribution in [0.5, 0.6) is 5.75 Å². The van der Waals surface area contributed by atoms with Crippen molar-refractivity contribution in [1.82, 2.24) is 15.2 Å². The van der Waals surface area contributed by atoms with Crippen LogP contribution in [0.3, 0.4) is 0 Å². The first kappa shape index (κ1) is 27.7. The number of nitrogens with two attached hydrogens (primary N) is 2. The monoisotopic (exact) mass is 574 g/mol. The molecule has 4 aromatic rings. The van der Waals surface area contributed by atoms with E-state index in [4.69, 9.17) is 20.6 Å². The van der Waals surface area contributed by atoms with Crippen LogP contribution in [0.1, 0.15) is 43.5 Å². The number of benzene rings is 2. The zero-order valence-electron chi connectivity index (χ0n) is 20.4. The normalized spacial score (nSPS) is 11.6. The largest absolute Gasteiger partial charge is 0.489 e. The van der Waals surface area contributed by atoms with Crippen molar-refractivity contribution in [2.45, 2.75) is 45.6 Å². The molecule has 192 valence electrons. The highest BCUT2D eigenvalue weighted by Gasteiger charge is 2.14. The third-order valence-electron chi connectivity index (χ3n) is 4.95. The molecule has 0 spiro atoms. The Kier molecular flexibility index (Phi) is 10.8. The van der Waals surface area contributed by atoms with Crippen molar-refractivity contribution >= 4 is 49.1 Å². The molecule has 0 aliphatic carbocycles. The Morgan fingerprint density at radius 1 is 1.14 bits per heavy atom. The number of carbonyl (C=O) groups excluding carboxylic acids is 1. The van der Waals surface area contributed by atoms with Crippen LogP contribution in [0.4, 0.5) is 5.69 Å². The summed E-state index contributed by atoms with van der Waals surface area (Å²) in [4.78, 5) is 17.0. The number of hydrogen-bond donors (Lipinski definition) is 3. The summed E-state index contributed by atoms with van der Waals surface area (Å²) in [5.41, 5.74) is 12.9. The van der Waals surface area contributed by atoms with Crippen LogP contribution in [0, 0.1) is 0 Å². The first-order chi connectivity index (χ1) is 17.5. The Balaban J connectivity index is 0.00000176. The summed E-state index contributed by atoms with van der Waals surface area (Å²) in [6.45, 7) is 5.02. The number of ether oxygens (including phenoxy) is 1. The van der Waals surface area contributed by atoms with Crippen LogP contribution in [-0.2, 0) is 17.6 Å². The summed E-state index contributed by atoms with van der Waals surface area (Å²) in [5.74, 6) is 1.11. The van der Waals surface area contributed by atoms with Gasteiger partial charge in [0, 0.05) is 16.7 Å². The number of thiazole rings is 1. The molecule has 0 aliphatic rings. The molecule has 1 atom stereocenters. The fourth-order valence-corrected chi connectivity index (χ4v) is 4.59. The number of hydrogen-bond acceptors (Lipinski definition) is 9. The van der Waals surface area contributed by atoms with Gasteiger partial charge in [-0.3, -0.25) is 4.79 Å². The Morgan fingerprint density at radius 3 is 2.61 bits per heavy atom. The zero-order valence-corrected chi connectivity index (χ0v) is 22.8. The molecule has 2 aromatic heterocycles. The lowest BCUT2D eigenvalue weighted by molar-refractivity contribution is -0.115. The van der Waals surface area contributed by atoms with Gasteiger partial charge in [-0.1, -0.05) is 29.8 Å². The summed E-state index contributed by atoms with van der Waals surface area (Å²) in [6.07, 6.45) is 1.97. The van der Waals surface area contributed by atoms with Gasteiger partial charge in [-0.15, -0.1) is 21.5 Å². The lowest BCUT2D eigenvalue weighted by Gasteiger charge is -2.17. The van der Waals surface area contributed by atoms with Crippen LogP contribution in [0.25, 0.3) is 10.2 Å². The third kappa shape index (κ3) is 8.09. The third-order valence-corrected chi connectivity index (χ3v) is 6.48. The number of amides is 1. The first-order valence-corrected chi connectivity index (χ1v) is 13.5. The standard InChI is InChI=1S/C23H25BrN6O3S.C2H6/c24-14-3-8-19-18(10-14)28-23(34-19)12-22-30-29-21(33-22)11-20(31)27-15-4-6-16(7-5-15)32-17(13-26)2-1-9-25;1-2/h3-8,10,17H,1-2,9,11-13,25-26H2,(H,27,31);1-2H3. The van der Waals surface area contributed by atoms with E-state index in [1.165, 1.54) is 0 Å². The maximum absolute atomic E-state index is 12.4. The molecular weight excluding hydrogens is 544 g/mol. The van der Waals surface area contributed by atoms with Crippen molar-refractivity contribution < 1.29 is 13.9 Å². The van der Waals surface area contributed by atoms with Gasteiger partial charge >= 0.3 is 0 Å². The molecule has 9 nitrogen and oxygen atoms in total. The van der Waals surface area contributed by atoms with E-state index >= 15 is 0 Å². The van der Waals surface area contributed by atoms with Gasteiger partial charge < -0.3 is 25.9 Å². The van der Waals surface area contributed by atoms with Gasteiger partial charge in [0.25, 0.3) is 0 Å². The minimum absolute atomic E-state index is 0.0214. The average molecular weight is 576 g/mol. The predicted octanol–water partition coefficient (Wildman–Crippen LogP) is 4.69. The molecule has 0 radical (unpaired) electrons. The van der Waals surface area contributed by atoms with E-state index < -0.39 is 0 Å². The van der Waals surface area contributed by atoms with Crippen LogP contribution in [0.2, 0.25) is 0 Å². The molecule has 5 N–H and O–H groups in total. The van der Waals surface area contributed by atoms with Gasteiger partial charge in [0.15, 0.2) is 0 Å². The van der Waals surface area contributed by atoms with E-state index in [2.05, 4.69) is 36.4 Å². The van der Waals surface area contributed by atoms with Crippen molar-refractivity contribution in [3.8, 4) is 5.75 Å². The van der Waals surface area contributed by atoms with E-state index in [1.54, 1.807) is 35.6 Å². The quantitative estimate of drug-likeness (QED) is 0.234. The number of carbonyl (C=O) groups is 1. The van der Waals surface area contributed by atoms with Crippen molar-refractivity contribution in [2.24, 2.45) is 11.5 Å². The van der Waals surface area contributed by atoms with Crippen molar-refractivity contribution in [1.29, 1.82) is 0 Å². The highest BCUT2D eigenvalue weighted by atomic mass is 79.9. The van der Waals surface area contributed by atoms with E-state index in [9.17, 15) is 4.79 Å². The van der Waals surface area contributed by atoms with Gasteiger partial charge in [-0.05, 0) is 61.9 Å². The molecule has 0 saturated carbocycles. The van der Waals surface area contributed by atoms with Crippen molar-refractivity contribution in [2.75, 3.05) is 18.4 Å². The molecule has 0 aliphatic heterocycles. The van der Waals surface area contributed by atoms with Gasteiger partial charge in [0.05, 0.1) is 16.6 Å². The smallest absolute Gasteiger partial charge is 0.233 e. The van der Waals surface area contributed by atoms with E-state index in [0.717, 1.165) is 32.5 Å². The number of nitrogens with one attached hydrogen (secondary N) is 1. The molecule has 1 unspecified atom stereocenters. The number of fused-ring (bicyclic) bond motifs is 1. The van der Waals surface area contributed by atoms with Crippen LogP contribution < -0.4 is 21.5 Å². The Morgan fingerprint density at radius 2 is 1.89 bits per heavy atom. The molecule has 0 fully saturated rings. The summed E-state index contributed by atoms with van der Waals surface area (Å²) < 4.78 is 13.6. The minimum Gasteiger partial charge on any atom is -0.489 e. The van der Waals surface area contributed by atoms with Gasteiger partial charge in [-0.25, -0.2) is 4.98 Å². The number of rotatable bonds is 11. The number of nitrogens with zero attached hydrogens (tertiary/aromatic N) is 3. The molecule has 0 saturated heterocycles. The molecule has 2 aromatic carbocycles. The lowest BCUT2D eigenvalue weighted by Crippen LogP contribution is -2.27. The second-order valence-electron chi connectivity index (χ2n) is 7.64. The summed E-state index contributed by atoms with van der Waals surface area (Å²) in [6, 6.07) is 13.1. The summed E-state index contributed by atoms with van der Waals surface area (Å²) in [5, 5.41) is 11.7. The fourth-order valence-electron chi connectivity index (χ4n) is 3.31. The van der Waals surface area contributed by atoms with Gasteiger partial charge in [0.2, 0.25) is 17.7 Å².